The second-order valence-corrected chi connectivity index (χ2v) is 8.38. The average Bonchev–Trinajstić information content (AvgIpc) is 3.26. The van der Waals surface area contributed by atoms with Crippen LogP contribution in [0.4, 0.5) is 5.82 Å². The number of carboxylic acid groups (broad SMARTS) is 1. The molecule has 0 unspecified atom stereocenters. The van der Waals surface area contributed by atoms with Gasteiger partial charge in [0.2, 0.25) is 0 Å². The van der Waals surface area contributed by atoms with Gasteiger partial charge in [-0.15, -0.1) is 0 Å². The number of nitrogens with zero attached hydrogens (tertiary/aromatic N) is 3. The lowest BCUT2D eigenvalue weighted by atomic mass is 9.85. The predicted molar refractivity (Wildman–Crippen MR) is 111 cm³/mol. The maximum Gasteiger partial charge on any atom is 0.305 e. The zero-order valence-electron chi connectivity index (χ0n) is 16.2. The smallest absolute Gasteiger partial charge is 0.305 e. The second-order valence-electron chi connectivity index (χ2n) is 7.94. The van der Waals surface area contributed by atoms with Crippen molar-refractivity contribution in [2.75, 3.05) is 5.32 Å². The van der Waals surface area contributed by atoms with E-state index >= 15 is 0 Å². The largest absolute Gasteiger partial charge is 0.481 e. The molecule has 3 N–H and O–H groups in total. The Labute approximate surface area is 171 Å². The van der Waals surface area contributed by atoms with Gasteiger partial charge in [0.05, 0.1) is 17.7 Å². The Balaban J connectivity index is 1.84. The fourth-order valence-electron chi connectivity index (χ4n) is 3.16. The Bertz CT molecular complexity index is 1210. The SMILES string of the molecule is CC(C)(C)[C@@H](CC(=O)O)Nc1nc(-c2c[nH]c3ncc(Cl)cc23)nc2ccoc12. The van der Waals surface area contributed by atoms with Crippen LogP contribution in [0.3, 0.4) is 0 Å². The van der Waals surface area contributed by atoms with E-state index in [-0.39, 0.29) is 17.9 Å². The van der Waals surface area contributed by atoms with Crippen LogP contribution in [0, 0.1) is 5.41 Å². The van der Waals surface area contributed by atoms with E-state index in [9.17, 15) is 9.90 Å². The molecule has 0 aliphatic rings. The van der Waals surface area contributed by atoms with Crippen molar-refractivity contribution in [3.05, 3.63) is 35.8 Å². The highest BCUT2D eigenvalue weighted by Gasteiger charge is 2.29. The first-order valence-corrected chi connectivity index (χ1v) is 9.47. The molecule has 4 heterocycles. The summed E-state index contributed by atoms with van der Waals surface area (Å²) in [4.78, 5) is 28.0. The van der Waals surface area contributed by atoms with Crippen molar-refractivity contribution in [3.63, 3.8) is 0 Å². The van der Waals surface area contributed by atoms with E-state index in [2.05, 4.69) is 25.3 Å². The number of nitrogens with one attached hydrogen (secondary N) is 2. The number of hydrogen-bond acceptors (Lipinski definition) is 6. The maximum absolute atomic E-state index is 11.4. The van der Waals surface area contributed by atoms with Crippen LogP contribution in [-0.4, -0.2) is 37.1 Å². The first kappa shape index (κ1) is 19.2. The van der Waals surface area contributed by atoms with E-state index in [1.165, 1.54) is 6.26 Å². The van der Waals surface area contributed by atoms with Crippen molar-refractivity contribution >= 4 is 45.5 Å². The van der Waals surface area contributed by atoms with Crippen LogP contribution in [0.25, 0.3) is 33.5 Å². The van der Waals surface area contributed by atoms with Crippen molar-refractivity contribution in [1.29, 1.82) is 0 Å². The van der Waals surface area contributed by atoms with Crippen molar-refractivity contribution < 1.29 is 14.3 Å². The molecule has 150 valence electrons. The molecule has 1 atom stereocenters. The number of anilines is 1. The van der Waals surface area contributed by atoms with E-state index in [0.29, 0.717) is 33.4 Å². The standard InChI is InChI=1S/C20H20ClN5O3/c1-20(2,3)14(7-15(27)28)25-19-16-13(4-5-29-16)24-18(26-19)12-9-23-17-11(12)6-10(21)8-22-17/h4-6,8-9,14H,7H2,1-3H3,(H,22,23)(H,27,28)(H,24,25,26)/t14-/m1/s1. The zero-order chi connectivity index (χ0) is 20.8. The predicted octanol–water partition coefficient (Wildman–Crippen LogP) is 4.72. The van der Waals surface area contributed by atoms with Gasteiger partial charge in [-0.25, -0.2) is 15.0 Å². The van der Waals surface area contributed by atoms with Gasteiger partial charge >= 0.3 is 5.97 Å². The molecule has 0 aliphatic carbocycles. The van der Waals surface area contributed by atoms with Crippen molar-refractivity contribution in [1.82, 2.24) is 19.9 Å². The number of aromatic nitrogens is 4. The molecule has 0 fully saturated rings. The minimum atomic E-state index is -0.889. The fourth-order valence-corrected chi connectivity index (χ4v) is 3.32. The molecule has 8 nitrogen and oxygen atoms in total. The van der Waals surface area contributed by atoms with E-state index in [0.717, 1.165) is 10.9 Å². The van der Waals surface area contributed by atoms with Gasteiger partial charge in [-0.3, -0.25) is 4.79 Å². The third-order valence-corrected chi connectivity index (χ3v) is 4.98. The van der Waals surface area contributed by atoms with Crippen molar-refractivity contribution in [2.24, 2.45) is 5.41 Å². The van der Waals surface area contributed by atoms with Gasteiger partial charge in [-0.1, -0.05) is 32.4 Å². The summed E-state index contributed by atoms with van der Waals surface area (Å²) < 4.78 is 5.57. The number of hydrogen-bond donors (Lipinski definition) is 3. The number of pyridine rings is 1. The van der Waals surface area contributed by atoms with Crippen LogP contribution >= 0.6 is 11.6 Å². The lowest BCUT2D eigenvalue weighted by Gasteiger charge is -2.30. The normalized spacial score (nSPS) is 13.1. The summed E-state index contributed by atoms with van der Waals surface area (Å²) in [6.07, 6.45) is 4.82. The van der Waals surface area contributed by atoms with Gasteiger partial charge < -0.3 is 19.8 Å². The molecule has 0 aromatic carbocycles. The fraction of sp³-hybridized carbons (Fsp3) is 0.300. The van der Waals surface area contributed by atoms with Crippen LogP contribution in [0.2, 0.25) is 5.02 Å². The molecule has 0 amide bonds. The molecule has 0 bridgehead atoms. The van der Waals surface area contributed by atoms with E-state index < -0.39 is 5.97 Å². The topological polar surface area (TPSA) is 117 Å². The first-order chi connectivity index (χ1) is 13.7. The highest BCUT2D eigenvalue weighted by atomic mass is 35.5. The molecule has 0 spiro atoms. The van der Waals surface area contributed by atoms with Crippen LogP contribution in [0.5, 0.6) is 0 Å². The van der Waals surface area contributed by atoms with Gasteiger partial charge in [0.15, 0.2) is 17.2 Å². The minimum Gasteiger partial charge on any atom is -0.481 e. The van der Waals surface area contributed by atoms with Gasteiger partial charge in [0.25, 0.3) is 0 Å². The summed E-state index contributed by atoms with van der Waals surface area (Å²) in [5, 5.41) is 13.9. The summed E-state index contributed by atoms with van der Waals surface area (Å²) in [6, 6.07) is 3.18. The molecular weight excluding hydrogens is 394 g/mol. The number of rotatable bonds is 5. The Kier molecular flexibility index (Phi) is 4.66. The molecular formula is C20H20ClN5O3. The molecule has 0 aliphatic heterocycles. The summed E-state index contributed by atoms with van der Waals surface area (Å²) in [6.45, 7) is 5.92. The van der Waals surface area contributed by atoms with E-state index in [1.807, 2.05) is 20.8 Å². The Hall–Kier alpha value is -3.13. The van der Waals surface area contributed by atoms with E-state index in [4.69, 9.17) is 16.0 Å². The monoisotopic (exact) mass is 413 g/mol. The summed E-state index contributed by atoms with van der Waals surface area (Å²) in [7, 11) is 0. The molecule has 4 aromatic heterocycles. The Morgan fingerprint density at radius 1 is 1.38 bits per heavy atom. The minimum absolute atomic E-state index is 0.0579. The number of carboxylic acids is 1. The summed E-state index contributed by atoms with van der Waals surface area (Å²) in [5.41, 5.74) is 2.19. The van der Waals surface area contributed by atoms with Crippen molar-refractivity contribution in [3.8, 4) is 11.4 Å². The number of halogens is 1. The van der Waals surface area contributed by atoms with Gasteiger partial charge in [0, 0.05) is 35.5 Å². The number of carbonyl (C=O) groups is 1. The Morgan fingerprint density at radius 3 is 2.90 bits per heavy atom. The third kappa shape index (κ3) is 3.75. The van der Waals surface area contributed by atoms with Gasteiger partial charge in [-0.05, 0) is 11.5 Å². The molecule has 0 radical (unpaired) electrons. The lowest BCUT2D eigenvalue weighted by Crippen LogP contribution is -2.36. The highest BCUT2D eigenvalue weighted by Crippen LogP contribution is 2.33. The quantitative estimate of drug-likeness (QED) is 0.433. The number of H-pyrrole nitrogens is 1. The number of furan rings is 1. The zero-order valence-corrected chi connectivity index (χ0v) is 16.9. The number of fused-ring (bicyclic) bond motifs is 2. The average molecular weight is 414 g/mol. The molecule has 0 saturated heterocycles. The van der Waals surface area contributed by atoms with Crippen LogP contribution < -0.4 is 5.32 Å². The van der Waals surface area contributed by atoms with Gasteiger partial charge in [-0.2, -0.15) is 0 Å². The summed E-state index contributed by atoms with van der Waals surface area (Å²) >= 11 is 6.11. The Morgan fingerprint density at radius 2 is 2.17 bits per heavy atom. The van der Waals surface area contributed by atoms with Crippen LogP contribution in [0.1, 0.15) is 27.2 Å². The number of aliphatic carboxylic acids is 1. The second kappa shape index (κ2) is 7.04. The van der Waals surface area contributed by atoms with Gasteiger partial charge in [0.1, 0.15) is 11.2 Å². The lowest BCUT2D eigenvalue weighted by molar-refractivity contribution is -0.137. The van der Waals surface area contributed by atoms with Crippen molar-refractivity contribution in [2.45, 2.75) is 33.2 Å². The van der Waals surface area contributed by atoms with Crippen LogP contribution in [0.15, 0.2) is 35.2 Å². The van der Waals surface area contributed by atoms with Crippen LogP contribution in [-0.2, 0) is 4.79 Å². The molecule has 9 heteroatoms. The molecule has 4 rings (SSSR count). The first-order valence-electron chi connectivity index (χ1n) is 9.09. The van der Waals surface area contributed by atoms with E-state index in [1.54, 1.807) is 24.5 Å². The molecule has 0 saturated carbocycles. The molecule has 29 heavy (non-hydrogen) atoms. The maximum atomic E-state index is 11.4. The molecule has 4 aromatic rings. The highest BCUT2D eigenvalue weighted by molar-refractivity contribution is 6.31. The third-order valence-electron chi connectivity index (χ3n) is 4.78. The number of aromatic amines is 1. The summed E-state index contributed by atoms with van der Waals surface area (Å²) in [5.74, 6) is 0.0138.